The number of hydrogen-bond donors (Lipinski definition) is 1. The second kappa shape index (κ2) is 4.53. The number of nitrogens with zero attached hydrogens (tertiary/aromatic N) is 3. The van der Waals surface area contributed by atoms with Gasteiger partial charge in [-0.25, -0.2) is 4.98 Å². The van der Waals surface area contributed by atoms with Crippen LogP contribution in [0.3, 0.4) is 0 Å². The second-order valence-electron chi connectivity index (χ2n) is 5.04. The highest BCUT2D eigenvalue weighted by Gasteiger charge is 2.33. The highest BCUT2D eigenvalue weighted by Crippen LogP contribution is 2.29. The molecule has 3 heterocycles. The van der Waals surface area contributed by atoms with Gasteiger partial charge in [-0.2, -0.15) is 0 Å². The number of rotatable bonds is 2. The molecule has 2 aliphatic rings. The van der Waals surface area contributed by atoms with Crippen LogP contribution in [0.1, 0.15) is 6.42 Å². The Morgan fingerprint density at radius 2 is 2.22 bits per heavy atom. The zero-order chi connectivity index (χ0) is 12.5. The summed E-state index contributed by atoms with van der Waals surface area (Å²) in [6, 6.07) is 3.28. The lowest BCUT2D eigenvalue weighted by molar-refractivity contribution is -0.385. The average molecular weight is 248 g/mol. The summed E-state index contributed by atoms with van der Waals surface area (Å²) < 4.78 is 0. The molecule has 0 bridgehead atoms. The molecule has 0 radical (unpaired) electrons. The van der Waals surface area contributed by atoms with Crippen molar-refractivity contribution in [3.8, 4) is 0 Å². The average Bonchev–Trinajstić information content (AvgIpc) is 2.86. The quantitative estimate of drug-likeness (QED) is 0.625. The van der Waals surface area contributed by atoms with Crippen molar-refractivity contribution in [2.24, 2.45) is 11.8 Å². The monoisotopic (exact) mass is 248 g/mol. The van der Waals surface area contributed by atoms with Gasteiger partial charge in [0.25, 0.3) is 5.69 Å². The number of hydrogen-bond acceptors (Lipinski definition) is 5. The number of anilines is 1. The Hall–Kier alpha value is -1.69. The van der Waals surface area contributed by atoms with E-state index in [2.05, 4.69) is 15.2 Å². The summed E-state index contributed by atoms with van der Waals surface area (Å²) in [5, 5.41) is 14.0. The molecule has 2 atom stereocenters. The summed E-state index contributed by atoms with van der Waals surface area (Å²) in [5.41, 5.74) is 0.0520. The Bertz CT molecular complexity index is 448. The Kier molecular flexibility index (Phi) is 2.87. The predicted molar refractivity (Wildman–Crippen MR) is 67.6 cm³/mol. The summed E-state index contributed by atoms with van der Waals surface area (Å²) in [7, 11) is 0. The Balaban J connectivity index is 1.73. The van der Waals surface area contributed by atoms with Crippen molar-refractivity contribution in [1.29, 1.82) is 0 Å². The fourth-order valence-electron chi connectivity index (χ4n) is 2.92. The van der Waals surface area contributed by atoms with Gasteiger partial charge in [0, 0.05) is 19.2 Å². The van der Waals surface area contributed by atoms with Crippen molar-refractivity contribution in [1.82, 2.24) is 10.3 Å². The van der Waals surface area contributed by atoms with Gasteiger partial charge in [0.1, 0.15) is 12.0 Å². The van der Waals surface area contributed by atoms with E-state index in [0.29, 0.717) is 5.92 Å². The van der Waals surface area contributed by atoms with Gasteiger partial charge in [0.05, 0.1) is 4.92 Å². The fraction of sp³-hybridized carbons (Fsp3) is 0.583. The number of piperidine rings is 1. The molecule has 2 saturated heterocycles. The first kappa shape index (κ1) is 11.4. The minimum atomic E-state index is -0.413. The molecule has 3 rings (SSSR count). The van der Waals surface area contributed by atoms with E-state index in [-0.39, 0.29) is 5.69 Å². The smallest absolute Gasteiger partial charge is 0.287 e. The lowest BCUT2D eigenvalue weighted by Gasteiger charge is -2.35. The molecule has 2 aliphatic heterocycles. The SMILES string of the molecule is O=[N+]([O-])c1ccc(N2CCC3CNCC3C2)nc1. The van der Waals surface area contributed by atoms with Gasteiger partial charge < -0.3 is 10.2 Å². The maximum atomic E-state index is 10.6. The summed E-state index contributed by atoms with van der Waals surface area (Å²) in [6.07, 6.45) is 2.52. The Labute approximate surface area is 105 Å². The van der Waals surface area contributed by atoms with Crippen LogP contribution in [0.25, 0.3) is 0 Å². The third-order valence-electron chi connectivity index (χ3n) is 3.97. The molecule has 1 N–H and O–H groups in total. The van der Waals surface area contributed by atoms with E-state index in [9.17, 15) is 10.1 Å². The van der Waals surface area contributed by atoms with Crippen molar-refractivity contribution < 1.29 is 4.92 Å². The fourth-order valence-corrected chi connectivity index (χ4v) is 2.92. The largest absolute Gasteiger partial charge is 0.356 e. The molecule has 1 aromatic heterocycles. The van der Waals surface area contributed by atoms with Gasteiger partial charge in [-0.15, -0.1) is 0 Å². The molecule has 6 heteroatoms. The lowest BCUT2D eigenvalue weighted by atomic mass is 9.89. The molecule has 0 spiro atoms. The number of nitrogens with one attached hydrogen (secondary N) is 1. The van der Waals surface area contributed by atoms with Gasteiger partial charge in [-0.1, -0.05) is 0 Å². The molecule has 6 nitrogen and oxygen atoms in total. The van der Waals surface area contributed by atoms with E-state index in [1.165, 1.54) is 18.7 Å². The van der Waals surface area contributed by atoms with Crippen LogP contribution in [0, 0.1) is 22.0 Å². The normalized spacial score (nSPS) is 27.0. The van der Waals surface area contributed by atoms with E-state index in [1.54, 1.807) is 6.07 Å². The highest BCUT2D eigenvalue weighted by molar-refractivity contribution is 5.43. The van der Waals surface area contributed by atoms with E-state index < -0.39 is 4.92 Å². The van der Waals surface area contributed by atoms with E-state index in [1.807, 2.05) is 0 Å². The Morgan fingerprint density at radius 1 is 1.39 bits per heavy atom. The van der Waals surface area contributed by atoms with Crippen LogP contribution in [0.2, 0.25) is 0 Å². The van der Waals surface area contributed by atoms with Gasteiger partial charge >= 0.3 is 0 Å². The first-order valence-electron chi connectivity index (χ1n) is 6.30. The van der Waals surface area contributed by atoms with E-state index in [0.717, 1.165) is 37.9 Å². The van der Waals surface area contributed by atoms with Gasteiger partial charge in [-0.05, 0) is 37.4 Å². The standard InChI is InChI=1S/C12H16N4O2/c17-16(18)11-1-2-12(14-7-11)15-4-3-9-5-13-6-10(9)8-15/h1-2,7,9-10,13H,3-6,8H2. The molecule has 0 amide bonds. The molecule has 1 aromatic rings. The third kappa shape index (κ3) is 2.03. The van der Waals surface area contributed by atoms with Crippen LogP contribution in [-0.2, 0) is 0 Å². The predicted octanol–water partition coefficient (Wildman–Crippen LogP) is 1.04. The highest BCUT2D eigenvalue weighted by atomic mass is 16.6. The molecular formula is C12H16N4O2. The van der Waals surface area contributed by atoms with Crippen LogP contribution < -0.4 is 10.2 Å². The number of nitro groups is 1. The topological polar surface area (TPSA) is 71.3 Å². The first-order chi connectivity index (χ1) is 8.74. The zero-order valence-electron chi connectivity index (χ0n) is 10.1. The van der Waals surface area contributed by atoms with Crippen LogP contribution in [0.4, 0.5) is 11.5 Å². The van der Waals surface area contributed by atoms with Crippen LogP contribution in [-0.4, -0.2) is 36.1 Å². The van der Waals surface area contributed by atoms with Gasteiger partial charge in [-0.3, -0.25) is 10.1 Å². The van der Waals surface area contributed by atoms with Crippen molar-refractivity contribution in [2.75, 3.05) is 31.1 Å². The van der Waals surface area contributed by atoms with Crippen LogP contribution in [0.15, 0.2) is 18.3 Å². The molecule has 2 fully saturated rings. The van der Waals surface area contributed by atoms with Crippen molar-refractivity contribution in [2.45, 2.75) is 6.42 Å². The van der Waals surface area contributed by atoms with Gasteiger partial charge in [0.2, 0.25) is 0 Å². The zero-order valence-corrected chi connectivity index (χ0v) is 10.1. The van der Waals surface area contributed by atoms with Crippen LogP contribution in [0.5, 0.6) is 0 Å². The third-order valence-corrected chi connectivity index (χ3v) is 3.97. The molecule has 0 aliphatic carbocycles. The number of aromatic nitrogens is 1. The molecule has 2 unspecified atom stereocenters. The summed E-state index contributed by atoms with van der Waals surface area (Å²) in [5.74, 6) is 2.33. The lowest BCUT2D eigenvalue weighted by Crippen LogP contribution is -2.40. The van der Waals surface area contributed by atoms with Crippen molar-refractivity contribution in [3.63, 3.8) is 0 Å². The molecule has 18 heavy (non-hydrogen) atoms. The summed E-state index contributed by atoms with van der Waals surface area (Å²) >= 11 is 0. The molecular weight excluding hydrogens is 232 g/mol. The van der Waals surface area contributed by atoms with E-state index >= 15 is 0 Å². The molecule has 0 aromatic carbocycles. The second-order valence-corrected chi connectivity index (χ2v) is 5.04. The first-order valence-corrected chi connectivity index (χ1v) is 6.30. The maximum Gasteiger partial charge on any atom is 0.287 e. The molecule has 0 saturated carbocycles. The number of pyridine rings is 1. The number of fused-ring (bicyclic) bond motifs is 1. The van der Waals surface area contributed by atoms with Crippen molar-refractivity contribution in [3.05, 3.63) is 28.4 Å². The summed E-state index contributed by atoms with van der Waals surface area (Å²) in [6.45, 7) is 4.20. The van der Waals surface area contributed by atoms with Crippen LogP contribution >= 0.6 is 0 Å². The van der Waals surface area contributed by atoms with Gasteiger partial charge in [0.15, 0.2) is 0 Å². The van der Waals surface area contributed by atoms with Crippen molar-refractivity contribution >= 4 is 11.5 Å². The minimum absolute atomic E-state index is 0.0520. The van der Waals surface area contributed by atoms with E-state index in [4.69, 9.17) is 0 Å². The maximum absolute atomic E-state index is 10.6. The summed E-state index contributed by atoms with van der Waals surface area (Å²) in [4.78, 5) is 16.6. The molecule has 96 valence electrons. The Morgan fingerprint density at radius 3 is 2.94 bits per heavy atom. The minimum Gasteiger partial charge on any atom is -0.356 e.